The lowest BCUT2D eigenvalue weighted by Gasteiger charge is -2.09. The number of hydrogen-bond donors (Lipinski definition) is 2. The van der Waals surface area contributed by atoms with Crippen molar-refractivity contribution in [3.05, 3.63) is 70.8 Å². The minimum atomic E-state index is -0.0104. The summed E-state index contributed by atoms with van der Waals surface area (Å²) in [4.78, 5) is 24.0. The van der Waals surface area contributed by atoms with Crippen LogP contribution in [-0.2, 0) is 31.9 Å². The van der Waals surface area contributed by atoms with Crippen molar-refractivity contribution < 1.29 is 19.1 Å². The largest absolute Gasteiger partial charge is 0.377 e. The second kappa shape index (κ2) is 15.3. The van der Waals surface area contributed by atoms with E-state index in [-0.39, 0.29) is 11.8 Å². The molecule has 0 aliphatic heterocycles. The molecule has 2 amide bonds. The highest BCUT2D eigenvalue weighted by molar-refractivity contribution is 5.79. The van der Waals surface area contributed by atoms with E-state index in [9.17, 15) is 9.59 Å². The highest BCUT2D eigenvalue weighted by atomic mass is 16.5. The molecular weight excluding hydrogens is 428 g/mol. The molecule has 0 unspecified atom stereocenters. The number of hydrogen-bond acceptors (Lipinski definition) is 4. The molecule has 0 saturated heterocycles. The molecule has 0 radical (unpaired) electrons. The standard InChI is InChI=1S/C28H40N2O4/c1-21(2)25-9-5-23(6-10-25)19-27(31)29-13-15-33-17-18-34-16-14-30-28(32)20-24-7-11-26(12-8-24)22(3)4/h5-12,21-22H,13-20H2,1-4H3,(H,29,31)(H,30,32). The van der Waals surface area contributed by atoms with E-state index < -0.39 is 0 Å². The predicted octanol–water partition coefficient (Wildman–Crippen LogP) is 3.98. The van der Waals surface area contributed by atoms with Gasteiger partial charge in [-0.2, -0.15) is 0 Å². The zero-order valence-electron chi connectivity index (χ0n) is 21.1. The van der Waals surface area contributed by atoms with Gasteiger partial charge in [0.05, 0.1) is 39.3 Å². The van der Waals surface area contributed by atoms with Crippen molar-refractivity contribution in [3.63, 3.8) is 0 Å². The van der Waals surface area contributed by atoms with Gasteiger partial charge in [-0.15, -0.1) is 0 Å². The molecular formula is C28H40N2O4. The van der Waals surface area contributed by atoms with Crippen molar-refractivity contribution in [1.82, 2.24) is 10.6 Å². The van der Waals surface area contributed by atoms with E-state index >= 15 is 0 Å². The van der Waals surface area contributed by atoms with Gasteiger partial charge in [0, 0.05) is 13.1 Å². The third-order valence-corrected chi connectivity index (χ3v) is 5.53. The average molecular weight is 469 g/mol. The van der Waals surface area contributed by atoms with E-state index in [4.69, 9.17) is 9.47 Å². The molecule has 2 aromatic rings. The fourth-order valence-electron chi connectivity index (χ4n) is 3.38. The van der Waals surface area contributed by atoms with Crippen LogP contribution in [0.4, 0.5) is 0 Å². The summed E-state index contributed by atoms with van der Waals surface area (Å²) in [5.41, 5.74) is 4.56. The molecule has 0 spiro atoms. The molecule has 0 fully saturated rings. The van der Waals surface area contributed by atoms with E-state index in [1.54, 1.807) is 0 Å². The number of carbonyl (C=O) groups excluding carboxylic acids is 2. The van der Waals surface area contributed by atoms with E-state index in [2.05, 4.69) is 62.6 Å². The summed E-state index contributed by atoms with van der Waals surface area (Å²) in [5.74, 6) is 0.953. The van der Waals surface area contributed by atoms with Crippen LogP contribution in [0.25, 0.3) is 0 Å². The zero-order chi connectivity index (χ0) is 24.8. The maximum absolute atomic E-state index is 12.0. The number of ether oxygens (including phenoxy) is 2. The van der Waals surface area contributed by atoms with Crippen molar-refractivity contribution in [2.75, 3.05) is 39.5 Å². The summed E-state index contributed by atoms with van der Waals surface area (Å²) < 4.78 is 11.0. The van der Waals surface area contributed by atoms with Crippen LogP contribution < -0.4 is 10.6 Å². The first-order valence-corrected chi connectivity index (χ1v) is 12.2. The SMILES string of the molecule is CC(C)c1ccc(CC(=O)NCCOCCOCCNC(=O)Cc2ccc(C(C)C)cc2)cc1. The number of nitrogens with one attached hydrogen (secondary N) is 2. The normalized spacial score (nSPS) is 11.1. The van der Waals surface area contributed by atoms with Gasteiger partial charge in [-0.3, -0.25) is 9.59 Å². The van der Waals surface area contributed by atoms with Gasteiger partial charge >= 0.3 is 0 Å². The quantitative estimate of drug-likeness (QED) is 0.388. The lowest BCUT2D eigenvalue weighted by Crippen LogP contribution is -2.29. The molecule has 0 aromatic heterocycles. The highest BCUT2D eigenvalue weighted by Gasteiger charge is 2.06. The lowest BCUT2D eigenvalue weighted by molar-refractivity contribution is -0.121. The van der Waals surface area contributed by atoms with Gasteiger partial charge in [0.2, 0.25) is 11.8 Å². The molecule has 0 heterocycles. The molecule has 0 bridgehead atoms. The van der Waals surface area contributed by atoms with Crippen molar-refractivity contribution in [2.45, 2.75) is 52.4 Å². The molecule has 0 saturated carbocycles. The summed E-state index contributed by atoms with van der Waals surface area (Å²) in [6, 6.07) is 16.3. The summed E-state index contributed by atoms with van der Waals surface area (Å²) >= 11 is 0. The Kier molecular flexibility index (Phi) is 12.4. The number of rotatable bonds is 15. The summed E-state index contributed by atoms with van der Waals surface area (Å²) in [5, 5.41) is 5.74. The summed E-state index contributed by atoms with van der Waals surface area (Å²) in [6.07, 6.45) is 0.743. The fraction of sp³-hybridized carbons (Fsp3) is 0.500. The molecule has 6 heteroatoms. The van der Waals surface area contributed by atoms with Crippen LogP contribution in [0, 0.1) is 0 Å². The topological polar surface area (TPSA) is 76.7 Å². The van der Waals surface area contributed by atoms with Gasteiger partial charge in [-0.1, -0.05) is 76.2 Å². The predicted molar refractivity (Wildman–Crippen MR) is 136 cm³/mol. The Balaban J connectivity index is 1.43. The third-order valence-electron chi connectivity index (χ3n) is 5.53. The average Bonchev–Trinajstić information content (AvgIpc) is 2.81. The Bertz CT molecular complexity index is 787. The first-order valence-electron chi connectivity index (χ1n) is 12.2. The molecule has 6 nitrogen and oxygen atoms in total. The Hall–Kier alpha value is -2.70. The maximum atomic E-state index is 12.0. The minimum Gasteiger partial charge on any atom is -0.377 e. The monoisotopic (exact) mass is 468 g/mol. The van der Waals surface area contributed by atoms with E-state index in [0.29, 0.717) is 64.2 Å². The van der Waals surface area contributed by atoms with Crippen LogP contribution in [0.5, 0.6) is 0 Å². The molecule has 34 heavy (non-hydrogen) atoms. The molecule has 186 valence electrons. The van der Waals surface area contributed by atoms with Crippen LogP contribution in [0.15, 0.2) is 48.5 Å². The van der Waals surface area contributed by atoms with Gasteiger partial charge < -0.3 is 20.1 Å². The van der Waals surface area contributed by atoms with Crippen molar-refractivity contribution in [1.29, 1.82) is 0 Å². The summed E-state index contributed by atoms with van der Waals surface area (Å²) in [7, 11) is 0. The maximum Gasteiger partial charge on any atom is 0.224 e. The van der Waals surface area contributed by atoms with Gasteiger partial charge in [0.25, 0.3) is 0 Å². The third kappa shape index (κ3) is 10.9. The van der Waals surface area contributed by atoms with Gasteiger partial charge in [-0.25, -0.2) is 0 Å². The van der Waals surface area contributed by atoms with E-state index in [0.717, 1.165) is 11.1 Å². The number of amides is 2. The van der Waals surface area contributed by atoms with Crippen molar-refractivity contribution in [2.24, 2.45) is 0 Å². The van der Waals surface area contributed by atoms with Crippen LogP contribution in [-0.4, -0.2) is 51.3 Å². The highest BCUT2D eigenvalue weighted by Crippen LogP contribution is 2.15. The van der Waals surface area contributed by atoms with Crippen molar-refractivity contribution >= 4 is 11.8 Å². The molecule has 0 aliphatic rings. The van der Waals surface area contributed by atoms with E-state index in [1.807, 2.05) is 24.3 Å². The van der Waals surface area contributed by atoms with E-state index in [1.165, 1.54) is 11.1 Å². The smallest absolute Gasteiger partial charge is 0.224 e. The van der Waals surface area contributed by atoms with Crippen LogP contribution in [0.3, 0.4) is 0 Å². The van der Waals surface area contributed by atoms with Crippen LogP contribution in [0.2, 0.25) is 0 Å². The first-order chi connectivity index (χ1) is 16.3. The summed E-state index contributed by atoms with van der Waals surface area (Å²) in [6.45, 7) is 11.3. The second-order valence-corrected chi connectivity index (χ2v) is 9.07. The van der Waals surface area contributed by atoms with Crippen LogP contribution in [0.1, 0.15) is 61.8 Å². The Morgan fingerprint density at radius 1 is 0.618 bits per heavy atom. The van der Waals surface area contributed by atoms with Gasteiger partial charge in [0.15, 0.2) is 0 Å². The Morgan fingerprint density at radius 2 is 0.971 bits per heavy atom. The van der Waals surface area contributed by atoms with Gasteiger partial charge in [0.1, 0.15) is 0 Å². The number of carbonyl (C=O) groups is 2. The second-order valence-electron chi connectivity index (χ2n) is 9.07. The molecule has 0 aliphatic carbocycles. The van der Waals surface area contributed by atoms with Crippen LogP contribution >= 0.6 is 0 Å². The first kappa shape index (κ1) is 27.5. The molecule has 2 N–H and O–H groups in total. The molecule has 2 aromatic carbocycles. The fourth-order valence-corrected chi connectivity index (χ4v) is 3.38. The molecule has 2 rings (SSSR count). The molecule has 0 atom stereocenters. The van der Waals surface area contributed by atoms with Gasteiger partial charge in [-0.05, 0) is 34.1 Å². The minimum absolute atomic E-state index is 0.0104. The number of benzene rings is 2. The Labute approximate surface area is 204 Å². The lowest BCUT2D eigenvalue weighted by atomic mass is 10.0. The van der Waals surface area contributed by atoms with Crippen molar-refractivity contribution in [3.8, 4) is 0 Å². The zero-order valence-corrected chi connectivity index (χ0v) is 21.1. The Morgan fingerprint density at radius 3 is 1.29 bits per heavy atom.